The molecular formula is C81H78F10N6O6S2. The summed E-state index contributed by atoms with van der Waals surface area (Å²) in [6.45, 7) is -22.3. The number of carbonyl (C=O) groups excluding carboxylic acids is 2. The number of nitrogens with zero attached hydrogens (tertiary/aromatic N) is 6. The fraction of sp³-hybridized carbons (Fsp3) is 0.309. The van der Waals surface area contributed by atoms with Crippen LogP contribution in [0.3, 0.4) is 0 Å². The van der Waals surface area contributed by atoms with E-state index in [-0.39, 0.29) is 52.5 Å². The predicted octanol–water partition coefficient (Wildman–Crippen LogP) is 17.1. The molecule has 4 heterocycles. The number of thioether (sulfide) groups is 2. The van der Waals surface area contributed by atoms with E-state index in [1.807, 2.05) is 0 Å². The number of rotatable bonds is 24. The minimum absolute atomic E-state index is 0.0202. The Morgan fingerprint density at radius 3 is 1.71 bits per heavy atom. The van der Waals surface area contributed by atoms with Crippen molar-refractivity contribution in [2.45, 2.75) is 104 Å². The number of methoxy groups -OCH3 is 2. The van der Waals surface area contributed by atoms with E-state index >= 15 is 18.4 Å². The van der Waals surface area contributed by atoms with Gasteiger partial charge >= 0.3 is 12.4 Å². The second-order valence-electron chi connectivity index (χ2n) is 22.2. The van der Waals surface area contributed by atoms with E-state index < -0.39 is 349 Å². The lowest BCUT2D eigenvalue weighted by atomic mass is 9.97. The Kier molecular flexibility index (Phi) is 14.1. The molecule has 0 N–H and O–H groups in total. The molecule has 0 saturated carbocycles. The highest BCUT2D eigenvalue weighted by Crippen LogP contribution is 2.36. The van der Waals surface area contributed by atoms with Gasteiger partial charge in [0.15, 0.2) is 34.1 Å². The summed E-state index contributed by atoms with van der Waals surface area (Å²) in [6, 6.07) is -10.0. The maximum atomic E-state index is 15.7. The average molecular weight is 1520 g/mol. The number of benzene rings is 8. The number of para-hydroxylation sites is 2. The predicted molar refractivity (Wildman–Crippen MR) is 391 cm³/mol. The Hall–Kier alpha value is -9.04. The maximum absolute atomic E-state index is 15.7. The molecule has 8 aromatic carbocycles. The number of ether oxygens (including phenoxy) is 2. The number of piperidine rings is 2. The van der Waals surface area contributed by atoms with Gasteiger partial charge in [0.25, 0.3) is 0 Å². The SMILES string of the molecule is [2H]C([2H])(Sc1cc(=O)c2ccccc2n1CC(=O)N(Cc1ccc(-c2ccc(C(F)(F)F)cc2)cc1)C1([2H])C([2H])([2H])C([2H])([2H])N(CCOC)C([2H])([2H])C1([2H])[2H])c1cccc(F)c1F.[2H]c1c([2H])c(F)c(F)c(C([2H])([2H])Sc2c([2H])c(=O)c3c([2H])c([2H])c([2H])c([2H])c3n2CC(=O)N(Cc2c([2H])c([2H])c(-c3c([2H])c([2H])c(C(F)(F)F)c([2H])c3[2H])c([2H])c2C)C2([2H])C([2H])([2H])C([2H])([2H])N(CCOC)C([2H])([2H])C2([2H])[2H])c1[2H]. The molecule has 0 radical (unpaired) electrons. The number of aromatic nitrogens is 2. The average Bonchev–Trinajstić information content (AvgIpc) is 0.663. The van der Waals surface area contributed by atoms with Gasteiger partial charge in [-0.2, -0.15) is 26.3 Å². The molecule has 2 aromatic heterocycles. The molecule has 0 spiro atoms. The molecule has 2 aliphatic heterocycles. The molecule has 0 atom stereocenters. The van der Waals surface area contributed by atoms with Crippen molar-refractivity contribution in [2.24, 2.45) is 0 Å². The molecule has 12 nitrogen and oxygen atoms in total. The van der Waals surface area contributed by atoms with Crippen molar-refractivity contribution in [3.05, 3.63) is 270 Å². The molecule has 0 unspecified atom stereocenters. The number of fused-ring (bicyclic) bond motifs is 2. The molecular weight excluding hydrogens is 1410 g/mol. The number of carbonyl (C=O) groups is 2. The smallest absolute Gasteiger partial charge is 0.383 e. The number of pyridine rings is 2. The van der Waals surface area contributed by atoms with Crippen molar-refractivity contribution in [1.82, 2.24) is 28.7 Å². The first-order chi connectivity index (χ1) is 65.0. The zero-order valence-corrected chi connectivity index (χ0v) is 56.3. The second kappa shape index (κ2) is 34.9. The summed E-state index contributed by atoms with van der Waals surface area (Å²) >= 11 is -0.346. The standard InChI is InChI=1S/C41H40F5N3O3S.C40H38F5N3O3S/c1-27-22-29(28-12-14-32(15-13-28)41(44,45)46)10-11-30(27)24-48(33-16-18-47(19-17-33)20-21-52-2)38(51)25-49-36-9-4-3-7-34(36)37(50)23-39(49)53-26-31-6-5-8-35(42)40(31)43;1-51-22-21-46-19-17-32(18-20-46)47(24-27-9-11-28(12-10-27)29-13-15-31(16-14-29)40(43,44)45)37(50)25-48-35-8-3-2-6-33(35)36(49)23-38(48)52-26-30-5-4-7-34(41)39(30)42/h3-15,22-23,33H,16-21,24-26H2,1-2H3;2-16,23,32H,17-22,24-26H2,1H3/i3D,4D,5D,6D,7D,8D,9D,10D,11D,12D,13D,14D,15D,16D2,17D2,18D2,19D2,22D,23D,26D2,33D;17D2,18D2,19D2,20D2,26D2,32D. The van der Waals surface area contributed by atoms with E-state index in [0.29, 0.717) is 16.0 Å². The monoisotopic (exact) mass is 1520 g/mol. The molecule has 2 fully saturated rings. The molecule has 12 rings (SSSR count). The van der Waals surface area contributed by atoms with Crippen LogP contribution in [-0.4, -0.2) is 119 Å². The molecule has 24 heteroatoms. The van der Waals surface area contributed by atoms with Crippen molar-refractivity contribution >= 4 is 57.1 Å². The van der Waals surface area contributed by atoms with E-state index in [2.05, 4.69) is 0 Å². The Bertz CT molecular complexity index is 6730. The topological polar surface area (TPSA) is 110 Å². The van der Waals surface area contributed by atoms with Crippen molar-refractivity contribution < 1.29 is 114 Å². The molecule has 105 heavy (non-hydrogen) atoms. The van der Waals surface area contributed by atoms with Crippen LogP contribution in [0.15, 0.2) is 207 Å². The van der Waals surface area contributed by atoms with Crippen LogP contribution in [0, 0.1) is 30.2 Å². The Morgan fingerprint density at radius 1 is 0.543 bits per heavy atom. The summed E-state index contributed by atoms with van der Waals surface area (Å²) in [6.07, 6.45) is -26.2. The van der Waals surface area contributed by atoms with Crippen LogP contribution in [0.5, 0.6) is 0 Å². The van der Waals surface area contributed by atoms with Crippen molar-refractivity contribution in [3.63, 3.8) is 0 Å². The first-order valence-electron chi connectivity index (χ1n) is 49.2. The summed E-state index contributed by atoms with van der Waals surface area (Å²) in [4.78, 5) is 58.5. The minimum Gasteiger partial charge on any atom is -0.383 e. The summed E-state index contributed by atoms with van der Waals surface area (Å²) < 4.78 is 480. The lowest BCUT2D eigenvalue weighted by Gasteiger charge is -2.39. The van der Waals surface area contributed by atoms with Gasteiger partial charge in [0.05, 0.1) is 68.7 Å². The van der Waals surface area contributed by atoms with Crippen LogP contribution in [0.2, 0.25) is 0 Å². The fourth-order valence-corrected chi connectivity index (χ4v) is 11.4. The van der Waals surface area contributed by atoms with E-state index in [1.165, 1.54) is 67.8 Å². The number of halogens is 10. The second-order valence-corrected chi connectivity index (χ2v) is 23.8. The van der Waals surface area contributed by atoms with Crippen LogP contribution >= 0.6 is 23.5 Å². The van der Waals surface area contributed by atoms with Gasteiger partial charge in [0.2, 0.25) is 11.8 Å². The highest BCUT2D eigenvalue weighted by Gasteiger charge is 2.34. The summed E-state index contributed by atoms with van der Waals surface area (Å²) in [5, 5.41) is -2.85. The van der Waals surface area contributed by atoms with Gasteiger partial charge in [-0.1, -0.05) is 115 Å². The normalized spacial score (nSPS) is 24.0. The highest BCUT2D eigenvalue weighted by atomic mass is 32.2. The van der Waals surface area contributed by atoms with E-state index in [9.17, 15) is 58.4 Å². The fourth-order valence-electron chi connectivity index (χ4n) is 9.88. The highest BCUT2D eigenvalue weighted by molar-refractivity contribution is 7.98. The van der Waals surface area contributed by atoms with E-state index in [1.54, 1.807) is 0 Å². The number of hydrogen-bond acceptors (Lipinski definition) is 10. The van der Waals surface area contributed by atoms with Gasteiger partial charge < -0.3 is 38.2 Å². The third-order valence-electron chi connectivity index (χ3n) is 15.3. The maximum Gasteiger partial charge on any atom is 0.416 e. The molecule has 0 bridgehead atoms. The molecule has 550 valence electrons. The van der Waals surface area contributed by atoms with Gasteiger partial charge in [-0.3, -0.25) is 19.2 Å². The third kappa shape index (κ3) is 19.3. The molecule has 2 amide bonds. The molecule has 2 aliphatic rings. The summed E-state index contributed by atoms with van der Waals surface area (Å²) in [5.74, 6) is -10.7. The molecule has 0 aliphatic carbocycles. The van der Waals surface area contributed by atoms with E-state index in [0.717, 1.165) is 55.0 Å². The molecule has 10 aromatic rings. The molecule has 2 saturated heterocycles. The van der Waals surface area contributed by atoms with Crippen molar-refractivity contribution in [2.75, 3.05) is 66.5 Å². The summed E-state index contributed by atoms with van der Waals surface area (Å²) in [5.41, 5.74) is -18.6. The third-order valence-corrected chi connectivity index (χ3v) is 17.0. The first-order valence-corrected chi connectivity index (χ1v) is 32.3. The Morgan fingerprint density at radius 2 is 1.10 bits per heavy atom. The lowest BCUT2D eigenvalue weighted by Crippen LogP contribution is -2.48. The number of hydrogen-bond donors (Lipinski definition) is 0. The minimum atomic E-state index is -5.48. The Labute approximate surface area is 662 Å². The van der Waals surface area contributed by atoms with Crippen molar-refractivity contribution in [1.29, 1.82) is 0 Å². The van der Waals surface area contributed by atoms with Crippen LogP contribution in [0.25, 0.3) is 44.1 Å². The number of amides is 2. The van der Waals surface area contributed by atoms with Gasteiger partial charge in [0.1, 0.15) is 13.1 Å². The van der Waals surface area contributed by atoms with Crippen molar-refractivity contribution in [3.8, 4) is 22.3 Å². The van der Waals surface area contributed by atoms with Gasteiger partial charge in [0, 0.05) is 151 Å². The Balaban J connectivity index is 0.000000278. The van der Waals surface area contributed by atoms with Crippen LogP contribution in [0.1, 0.15) is 115 Å². The van der Waals surface area contributed by atoms with E-state index in [4.69, 9.17) is 46.5 Å². The summed E-state index contributed by atoms with van der Waals surface area (Å²) in [7, 11) is 2.25. The lowest BCUT2D eigenvalue weighted by molar-refractivity contribution is -0.138. The number of alkyl halides is 6. The quantitative estimate of drug-likeness (QED) is 0.0428. The van der Waals surface area contributed by atoms with Gasteiger partial charge in [-0.15, -0.1) is 23.5 Å². The zero-order chi connectivity index (χ0) is 107. The zero-order valence-electron chi connectivity index (χ0n) is 91.6. The largest absolute Gasteiger partial charge is 0.416 e. The van der Waals surface area contributed by atoms with Crippen LogP contribution in [-0.2, 0) is 69.0 Å². The van der Waals surface area contributed by atoms with Crippen LogP contribution in [0.4, 0.5) is 43.9 Å². The van der Waals surface area contributed by atoms with Gasteiger partial charge in [-0.25, -0.2) is 17.6 Å². The first kappa shape index (κ1) is 42.3. The number of likely N-dealkylation sites (tertiary alicyclic amines) is 2. The van der Waals surface area contributed by atoms with Crippen LogP contribution < -0.4 is 10.9 Å². The van der Waals surface area contributed by atoms with Gasteiger partial charge in [-0.05, 0) is 132 Å².